The topological polar surface area (TPSA) is 37.3 Å². The van der Waals surface area contributed by atoms with Gasteiger partial charge in [0.05, 0.1) is 18.1 Å². The van der Waals surface area contributed by atoms with Crippen molar-refractivity contribution >= 4 is 35.4 Å². The van der Waals surface area contributed by atoms with Gasteiger partial charge in [0.25, 0.3) is 0 Å². The predicted octanol–water partition coefficient (Wildman–Crippen LogP) is 4.87. The second-order valence-electron chi connectivity index (χ2n) is 6.87. The smallest absolute Gasteiger partial charge is 0.0980 e. The number of hydrogen-bond donors (Lipinski definition) is 1. The number of benzene rings is 3. The second-order valence-corrected chi connectivity index (χ2v) is 9.06. The average molecular weight is 409 g/mol. The first-order chi connectivity index (χ1) is 14.8. The van der Waals surface area contributed by atoms with Gasteiger partial charge in [0, 0.05) is 17.2 Å². The van der Waals surface area contributed by atoms with Crippen LogP contribution < -0.4 is 21.2 Å². The first-order valence-electron chi connectivity index (χ1n) is 9.98. The van der Waals surface area contributed by atoms with Crippen molar-refractivity contribution in [2.45, 2.75) is 13.5 Å². The maximum atomic E-state index is 4.69. The summed E-state index contributed by atoms with van der Waals surface area (Å²) in [6.07, 6.45) is 1.80. The molecule has 0 aliphatic heterocycles. The lowest BCUT2D eigenvalue weighted by atomic mass is 10.3. The molecule has 0 atom stereocenters. The first-order valence-corrected chi connectivity index (χ1v) is 11.3. The van der Waals surface area contributed by atoms with Crippen molar-refractivity contribution in [3.05, 3.63) is 115 Å². The van der Waals surface area contributed by atoms with E-state index in [1.54, 1.807) is 6.20 Å². The fourth-order valence-corrected chi connectivity index (χ4v) is 5.68. The molecule has 0 amide bonds. The molecule has 0 saturated carbocycles. The highest BCUT2D eigenvalue weighted by Crippen LogP contribution is 2.35. The summed E-state index contributed by atoms with van der Waals surface area (Å²) in [6, 6.07) is 35.9. The number of nitrogens with one attached hydrogen (secondary N) is 1. The number of nitrogens with zero attached hydrogens (tertiary/aromatic N) is 2. The highest BCUT2D eigenvalue weighted by Gasteiger charge is 2.19. The van der Waals surface area contributed by atoms with Gasteiger partial charge in [0.2, 0.25) is 0 Å². The maximum absolute atomic E-state index is 4.69. The first kappa shape index (κ1) is 20.0. The van der Waals surface area contributed by atoms with Gasteiger partial charge < -0.3 is 5.32 Å². The molecule has 0 spiro atoms. The number of aliphatic imine (C=N–C) groups is 1. The van der Waals surface area contributed by atoms with E-state index in [1.165, 1.54) is 15.9 Å². The van der Waals surface area contributed by atoms with Gasteiger partial charge in [0.1, 0.15) is 0 Å². The molecule has 4 aromatic rings. The van der Waals surface area contributed by atoms with E-state index in [0.717, 1.165) is 17.2 Å². The van der Waals surface area contributed by atoms with Crippen molar-refractivity contribution in [3.8, 4) is 0 Å². The van der Waals surface area contributed by atoms with Gasteiger partial charge in [-0.3, -0.25) is 9.98 Å². The van der Waals surface area contributed by atoms with Gasteiger partial charge in [-0.1, -0.05) is 84.9 Å². The van der Waals surface area contributed by atoms with E-state index in [0.29, 0.717) is 6.54 Å². The normalized spacial score (nSPS) is 11.5. The fraction of sp³-hybridized carbons (Fsp3) is 0.0769. The Bertz CT molecular complexity index is 1060. The third-order valence-electron chi connectivity index (χ3n) is 4.69. The largest absolute Gasteiger partial charge is 0.344 e. The lowest BCUT2D eigenvalue weighted by molar-refractivity contribution is 0.987. The monoisotopic (exact) mass is 409 g/mol. The zero-order valence-electron chi connectivity index (χ0n) is 16.9. The molecule has 148 valence electrons. The Labute approximate surface area is 179 Å². The molecule has 1 aromatic heterocycles. The van der Waals surface area contributed by atoms with Gasteiger partial charge in [-0.2, -0.15) is 0 Å². The summed E-state index contributed by atoms with van der Waals surface area (Å²) in [7, 11) is -0.680. The fourth-order valence-electron chi connectivity index (χ4n) is 3.28. The average Bonchev–Trinajstić information content (AvgIpc) is 2.81. The Hall–Kier alpha value is -3.29. The van der Waals surface area contributed by atoms with Crippen molar-refractivity contribution in [2.75, 3.05) is 5.32 Å². The van der Waals surface area contributed by atoms with Crippen LogP contribution in [0.2, 0.25) is 0 Å². The van der Waals surface area contributed by atoms with E-state index in [-0.39, 0.29) is 0 Å². The molecule has 3 aromatic carbocycles. The molecule has 1 N–H and O–H groups in total. The highest BCUT2D eigenvalue weighted by molar-refractivity contribution is 7.80. The van der Waals surface area contributed by atoms with Crippen LogP contribution in [0.25, 0.3) is 0 Å². The van der Waals surface area contributed by atoms with Crippen molar-refractivity contribution in [1.82, 2.24) is 4.98 Å². The number of aromatic nitrogens is 1. The van der Waals surface area contributed by atoms with Gasteiger partial charge >= 0.3 is 0 Å². The molecule has 0 bridgehead atoms. The number of para-hydroxylation sites is 1. The maximum Gasteiger partial charge on any atom is 0.0980 e. The van der Waals surface area contributed by atoms with Crippen molar-refractivity contribution in [2.24, 2.45) is 4.99 Å². The summed E-state index contributed by atoms with van der Waals surface area (Å²) in [5, 5.41) is 7.49. The minimum Gasteiger partial charge on any atom is -0.344 e. The number of hydrogen-bond acceptors (Lipinski definition) is 2. The van der Waals surface area contributed by atoms with Crippen LogP contribution in [-0.2, 0) is 6.54 Å². The summed E-state index contributed by atoms with van der Waals surface area (Å²) in [5.74, 6) is 0.879. The van der Waals surface area contributed by atoms with Gasteiger partial charge in [-0.15, -0.1) is 0 Å². The minimum atomic E-state index is -0.680. The molecule has 0 unspecified atom stereocenters. The summed E-state index contributed by atoms with van der Waals surface area (Å²) in [4.78, 5) is 9.04. The van der Waals surface area contributed by atoms with Crippen LogP contribution in [0, 0.1) is 0 Å². The molecular formula is C26H24N3P. The highest BCUT2D eigenvalue weighted by atomic mass is 31.1. The van der Waals surface area contributed by atoms with E-state index in [4.69, 9.17) is 0 Å². The standard InChI is InChI=1S/C26H24N3P/c1-21(28-20-22-12-10-11-19-27-22)29-25-17-8-9-18-26(25)30(23-13-4-2-5-14-23)24-15-6-3-7-16-24/h2-19H,20H2,1H3,(H,28,29). The minimum absolute atomic E-state index is 0.563. The molecule has 3 nitrogen and oxygen atoms in total. The van der Waals surface area contributed by atoms with E-state index in [9.17, 15) is 0 Å². The van der Waals surface area contributed by atoms with Crippen molar-refractivity contribution in [1.29, 1.82) is 0 Å². The summed E-state index contributed by atoms with van der Waals surface area (Å²) in [5.41, 5.74) is 2.06. The molecule has 0 aliphatic rings. The van der Waals surface area contributed by atoms with Gasteiger partial charge in [0.15, 0.2) is 0 Å². The third kappa shape index (κ3) is 5.00. The molecule has 4 heteroatoms. The molecule has 0 radical (unpaired) electrons. The number of anilines is 1. The summed E-state index contributed by atoms with van der Waals surface area (Å²) < 4.78 is 0. The zero-order chi connectivity index (χ0) is 20.6. The molecular weight excluding hydrogens is 385 g/mol. The lowest BCUT2D eigenvalue weighted by Gasteiger charge is -2.22. The summed E-state index contributed by atoms with van der Waals surface area (Å²) >= 11 is 0. The SMILES string of the molecule is CC(=NCc1ccccn1)Nc1ccccc1P(c1ccccc1)c1ccccc1. The third-order valence-corrected chi connectivity index (χ3v) is 7.19. The summed E-state index contributed by atoms with van der Waals surface area (Å²) in [6.45, 7) is 2.57. The zero-order valence-corrected chi connectivity index (χ0v) is 17.8. The Balaban J connectivity index is 1.67. The quantitative estimate of drug-likeness (QED) is 0.280. The number of rotatable bonds is 6. The van der Waals surface area contributed by atoms with Crippen LogP contribution in [-0.4, -0.2) is 10.8 Å². The Morgan fingerprint density at radius 3 is 2.00 bits per heavy atom. The van der Waals surface area contributed by atoms with Crippen LogP contribution in [0.5, 0.6) is 0 Å². The molecule has 30 heavy (non-hydrogen) atoms. The van der Waals surface area contributed by atoms with Crippen LogP contribution in [0.15, 0.2) is 114 Å². The molecule has 0 saturated heterocycles. The molecule has 0 fully saturated rings. The predicted molar refractivity (Wildman–Crippen MR) is 130 cm³/mol. The van der Waals surface area contributed by atoms with Crippen LogP contribution in [0.4, 0.5) is 5.69 Å². The van der Waals surface area contributed by atoms with Crippen molar-refractivity contribution in [3.63, 3.8) is 0 Å². The van der Waals surface area contributed by atoms with E-state index in [2.05, 4.69) is 100 Å². The van der Waals surface area contributed by atoms with Crippen LogP contribution in [0.3, 0.4) is 0 Å². The molecule has 1 heterocycles. The van der Waals surface area contributed by atoms with Crippen molar-refractivity contribution < 1.29 is 0 Å². The van der Waals surface area contributed by atoms with Crippen LogP contribution in [0.1, 0.15) is 12.6 Å². The van der Waals surface area contributed by atoms with E-state index < -0.39 is 7.92 Å². The second kappa shape index (κ2) is 9.96. The Morgan fingerprint density at radius 1 is 0.767 bits per heavy atom. The van der Waals surface area contributed by atoms with E-state index >= 15 is 0 Å². The number of amidine groups is 1. The van der Waals surface area contributed by atoms with Gasteiger partial charge in [-0.05, 0) is 43.7 Å². The number of pyridine rings is 1. The Kier molecular flexibility index (Phi) is 6.64. The van der Waals surface area contributed by atoms with E-state index in [1.807, 2.05) is 25.1 Å². The van der Waals surface area contributed by atoms with Gasteiger partial charge in [-0.25, -0.2) is 0 Å². The Morgan fingerprint density at radius 2 is 1.37 bits per heavy atom. The van der Waals surface area contributed by atoms with Crippen LogP contribution >= 0.6 is 7.92 Å². The molecule has 4 rings (SSSR count). The molecule has 0 aliphatic carbocycles. The lowest BCUT2D eigenvalue weighted by Crippen LogP contribution is -2.24.